The number of nitriles is 1. The van der Waals surface area contributed by atoms with Gasteiger partial charge in [0.25, 0.3) is 15.9 Å². The molecule has 0 bridgehead atoms. The van der Waals surface area contributed by atoms with Gasteiger partial charge in [0.2, 0.25) is 0 Å². The van der Waals surface area contributed by atoms with Gasteiger partial charge in [-0.25, -0.2) is 17.6 Å². The summed E-state index contributed by atoms with van der Waals surface area (Å²) in [6, 6.07) is 14.7. The molecule has 0 unspecified atom stereocenters. The van der Waals surface area contributed by atoms with Crippen LogP contribution >= 0.6 is 0 Å². The number of rotatable bonds is 6. The zero-order valence-corrected chi connectivity index (χ0v) is 19.2. The fraction of sp³-hybridized carbons (Fsp3) is 0. The number of H-pyrrole nitrogens is 1. The van der Waals surface area contributed by atoms with Crippen molar-refractivity contribution < 1.29 is 26.6 Å². The quantitative estimate of drug-likeness (QED) is 0.302. The average Bonchev–Trinajstić information content (AvgIpc) is 3.50. The molecule has 14 heteroatoms. The van der Waals surface area contributed by atoms with E-state index >= 15 is 0 Å². The number of aromatic amines is 1. The Hall–Kier alpha value is -5.29. The molecule has 0 aliphatic rings. The number of carbonyl (C=O) groups excluding carboxylic acids is 1. The molecule has 0 saturated carbocycles. The van der Waals surface area contributed by atoms with Crippen LogP contribution in [-0.2, 0) is 10.0 Å². The molecule has 0 radical (unpaired) electrons. The smallest absolute Gasteiger partial charge is 0.355 e. The van der Waals surface area contributed by atoms with E-state index in [-0.39, 0.29) is 49.9 Å². The van der Waals surface area contributed by atoms with Gasteiger partial charge in [-0.1, -0.05) is 10.3 Å². The van der Waals surface area contributed by atoms with Crippen LogP contribution in [0.5, 0.6) is 0 Å². The first-order chi connectivity index (χ1) is 17.7. The van der Waals surface area contributed by atoms with Crippen LogP contribution in [0.15, 0.2) is 79.4 Å². The molecule has 0 atom stereocenters. The number of nitrogens with one attached hydrogen (secondary N) is 3. The number of anilines is 2. The number of hydrogen-bond acceptors (Lipinski definition) is 9. The highest BCUT2D eigenvalue weighted by molar-refractivity contribution is 7.92. The van der Waals surface area contributed by atoms with Crippen molar-refractivity contribution in [2.45, 2.75) is 4.90 Å². The summed E-state index contributed by atoms with van der Waals surface area (Å²) in [7, 11) is -4.04. The number of halogens is 1. The molecule has 2 aromatic heterocycles. The lowest BCUT2D eigenvalue weighted by atomic mass is 10.1. The van der Waals surface area contributed by atoms with E-state index in [2.05, 4.69) is 29.9 Å². The molecule has 37 heavy (non-hydrogen) atoms. The predicted molar refractivity (Wildman–Crippen MR) is 126 cm³/mol. The normalized spacial score (nSPS) is 11.2. The number of fused-ring (bicyclic) bond motifs is 1. The van der Waals surface area contributed by atoms with Gasteiger partial charge in [-0.05, 0) is 60.7 Å². The minimum absolute atomic E-state index is 0.0140. The fourth-order valence-corrected chi connectivity index (χ4v) is 4.49. The van der Waals surface area contributed by atoms with Crippen molar-refractivity contribution in [2.24, 2.45) is 0 Å². The topological polar surface area (TPSA) is 184 Å². The van der Waals surface area contributed by atoms with Gasteiger partial charge < -0.3 is 9.84 Å². The van der Waals surface area contributed by atoms with Crippen LogP contribution in [0.2, 0.25) is 0 Å². The second-order valence-corrected chi connectivity index (χ2v) is 9.25. The van der Waals surface area contributed by atoms with E-state index in [9.17, 15) is 27.7 Å². The van der Waals surface area contributed by atoms with Crippen LogP contribution in [0.4, 0.5) is 15.8 Å². The van der Waals surface area contributed by atoms with Crippen LogP contribution in [-0.4, -0.2) is 29.6 Å². The molecule has 0 saturated heterocycles. The Bertz CT molecular complexity index is 1870. The highest BCUT2D eigenvalue weighted by Gasteiger charge is 2.21. The number of benzene rings is 3. The Morgan fingerprint density at radius 1 is 1.03 bits per heavy atom. The third-order valence-corrected chi connectivity index (χ3v) is 6.55. The van der Waals surface area contributed by atoms with Crippen molar-refractivity contribution in [3.63, 3.8) is 0 Å². The number of nitrogens with zero attached hydrogens (tertiary/aromatic N) is 3. The van der Waals surface area contributed by atoms with E-state index in [0.29, 0.717) is 0 Å². The van der Waals surface area contributed by atoms with Gasteiger partial charge >= 0.3 is 5.76 Å². The maximum absolute atomic E-state index is 13.2. The third-order valence-electron chi connectivity index (χ3n) is 5.15. The third kappa shape index (κ3) is 4.66. The predicted octanol–water partition coefficient (Wildman–Crippen LogP) is 3.23. The Kier molecular flexibility index (Phi) is 5.74. The molecule has 2 heterocycles. The van der Waals surface area contributed by atoms with Gasteiger partial charge in [0, 0.05) is 11.3 Å². The maximum Gasteiger partial charge on any atom is 0.439 e. The van der Waals surface area contributed by atoms with Gasteiger partial charge in [-0.2, -0.15) is 5.26 Å². The summed E-state index contributed by atoms with van der Waals surface area (Å²) in [5.41, 5.74) is 0.768. The molecule has 3 aromatic carbocycles. The summed E-state index contributed by atoms with van der Waals surface area (Å²) in [6.07, 6.45) is 0. The lowest BCUT2D eigenvalue weighted by molar-refractivity contribution is 0.102. The maximum atomic E-state index is 13.2. The van der Waals surface area contributed by atoms with Gasteiger partial charge in [0.05, 0.1) is 27.6 Å². The van der Waals surface area contributed by atoms with Crippen LogP contribution < -0.4 is 15.8 Å². The second-order valence-electron chi connectivity index (χ2n) is 7.57. The molecule has 1 amide bonds. The molecule has 0 aliphatic heterocycles. The zero-order valence-electron chi connectivity index (χ0n) is 18.4. The Morgan fingerprint density at radius 2 is 1.81 bits per heavy atom. The first kappa shape index (κ1) is 23.5. The van der Waals surface area contributed by atoms with Gasteiger partial charge in [-0.15, -0.1) is 0 Å². The number of aromatic nitrogens is 3. The summed E-state index contributed by atoms with van der Waals surface area (Å²) in [5.74, 6) is -2.15. The molecule has 5 aromatic rings. The monoisotopic (exact) mass is 520 g/mol. The van der Waals surface area contributed by atoms with E-state index < -0.39 is 27.5 Å². The number of sulfonamides is 1. The molecular formula is C23H13FN6O6S. The first-order valence-corrected chi connectivity index (χ1v) is 11.8. The SMILES string of the molecule is N#Cc1ccc(NC(=O)c2noc3ccc(NS(=O)(=O)c4ccc(F)cc4)cc23)c(-c2noc(=O)[nH]2)c1. The standard InChI is InChI=1S/C23H13FN6O6S/c24-13-2-5-15(6-3-13)37(33,34)30-14-4-8-19-17(10-14)20(28-35-19)22(31)26-18-7-1-12(11-25)9-16(18)21-27-23(32)36-29-21/h1-10,30H,(H,26,31)(H,27,29,32). The number of carbonyl (C=O) groups is 1. The summed E-state index contributed by atoms with van der Waals surface area (Å²) >= 11 is 0. The van der Waals surface area contributed by atoms with Crippen LogP contribution in [0.25, 0.3) is 22.4 Å². The van der Waals surface area contributed by atoms with Gasteiger partial charge in [-0.3, -0.25) is 19.0 Å². The summed E-state index contributed by atoms with van der Waals surface area (Å²) in [4.78, 5) is 26.7. The van der Waals surface area contributed by atoms with Crippen molar-refractivity contribution in [3.05, 3.63) is 88.3 Å². The van der Waals surface area contributed by atoms with Crippen molar-refractivity contribution in [1.29, 1.82) is 5.26 Å². The Labute approximate surface area is 206 Å². The van der Waals surface area contributed by atoms with E-state index in [1.165, 1.54) is 36.4 Å². The number of amides is 1. The van der Waals surface area contributed by atoms with E-state index in [0.717, 1.165) is 24.3 Å². The minimum Gasteiger partial charge on any atom is -0.355 e. The average molecular weight is 520 g/mol. The van der Waals surface area contributed by atoms with Gasteiger partial charge in [0.15, 0.2) is 17.1 Å². The molecule has 3 N–H and O–H groups in total. The highest BCUT2D eigenvalue weighted by Crippen LogP contribution is 2.29. The Morgan fingerprint density at radius 3 is 2.51 bits per heavy atom. The summed E-state index contributed by atoms with van der Waals surface area (Å²) in [6.45, 7) is 0. The van der Waals surface area contributed by atoms with Crippen LogP contribution in [0.3, 0.4) is 0 Å². The molecular weight excluding hydrogens is 507 g/mol. The molecule has 12 nitrogen and oxygen atoms in total. The van der Waals surface area contributed by atoms with Crippen molar-refractivity contribution in [1.82, 2.24) is 15.3 Å². The highest BCUT2D eigenvalue weighted by atomic mass is 32.2. The molecule has 184 valence electrons. The molecule has 0 aliphatic carbocycles. The van der Waals surface area contributed by atoms with Crippen LogP contribution in [0, 0.1) is 17.1 Å². The van der Waals surface area contributed by atoms with E-state index in [1.54, 1.807) is 0 Å². The van der Waals surface area contributed by atoms with Crippen molar-refractivity contribution >= 4 is 38.3 Å². The summed E-state index contributed by atoms with van der Waals surface area (Å²) in [5, 5.41) is 19.4. The molecule has 0 spiro atoms. The molecule has 5 rings (SSSR count). The second kappa shape index (κ2) is 9.06. The lowest BCUT2D eigenvalue weighted by Gasteiger charge is -2.09. The number of hydrogen-bond donors (Lipinski definition) is 3. The first-order valence-electron chi connectivity index (χ1n) is 10.3. The zero-order chi connectivity index (χ0) is 26.2. The van der Waals surface area contributed by atoms with Gasteiger partial charge in [0.1, 0.15) is 5.82 Å². The lowest BCUT2D eigenvalue weighted by Crippen LogP contribution is -2.14. The van der Waals surface area contributed by atoms with E-state index in [4.69, 9.17) is 4.52 Å². The minimum atomic E-state index is -4.04. The largest absolute Gasteiger partial charge is 0.439 e. The molecule has 0 fully saturated rings. The Balaban J connectivity index is 1.46. The van der Waals surface area contributed by atoms with Crippen molar-refractivity contribution in [2.75, 3.05) is 10.0 Å². The van der Waals surface area contributed by atoms with E-state index in [1.807, 2.05) is 6.07 Å². The van der Waals surface area contributed by atoms with Crippen LogP contribution in [0.1, 0.15) is 16.1 Å². The summed E-state index contributed by atoms with van der Waals surface area (Å²) < 4.78 is 50.6. The van der Waals surface area contributed by atoms with Crippen molar-refractivity contribution in [3.8, 4) is 17.5 Å². The fourth-order valence-electron chi connectivity index (χ4n) is 3.44.